The predicted molar refractivity (Wildman–Crippen MR) is 78.1 cm³/mol. The molecule has 1 aliphatic rings. The Morgan fingerprint density at radius 3 is 2.84 bits per heavy atom. The van der Waals surface area contributed by atoms with Crippen LogP contribution in [0.1, 0.15) is 36.0 Å². The van der Waals surface area contributed by atoms with Crippen molar-refractivity contribution in [2.24, 2.45) is 11.7 Å². The molecule has 0 spiro atoms. The first-order chi connectivity index (χ1) is 9.11. The number of aromatic hydroxyl groups is 1. The zero-order chi connectivity index (χ0) is 13.8. The highest BCUT2D eigenvalue weighted by atomic mass is 79.9. The number of carbonyl (C=O) groups excluding carboxylic acids is 1. The number of halogens is 1. The average molecular weight is 327 g/mol. The van der Waals surface area contributed by atoms with Gasteiger partial charge >= 0.3 is 0 Å². The van der Waals surface area contributed by atoms with Gasteiger partial charge in [-0.1, -0.05) is 28.8 Å². The molecule has 2 unspecified atom stereocenters. The molecule has 2 atom stereocenters. The number of amides is 1. The fourth-order valence-corrected chi connectivity index (χ4v) is 2.97. The van der Waals surface area contributed by atoms with E-state index in [2.05, 4.69) is 21.2 Å². The summed E-state index contributed by atoms with van der Waals surface area (Å²) in [7, 11) is 0. The van der Waals surface area contributed by atoms with Crippen molar-refractivity contribution >= 4 is 21.8 Å². The Labute approximate surface area is 121 Å². The fourth-order valence-electron chi connectivity index (χ4n) is 2.62. The van der Waals surface area contributed by atoms with Crippen molar-refractivity contribution < 1.29 is 9.90 Å². The molecule has 0 bridgehead atoms. The standard InChI is InChI=1S/C14H19BrN2O2/c15-10-5-6-11(13(18)7-10)14(19)17-12-4-2-1-3-9(12)8-16/h5-7,9,12,18H,1-4,8,16H2,(H,17,19). The molecule has 5 heteroatoms. The van der Waals surface area contributed by atoms with E-state index in [9.17, 15) is 9.90 Å². The van der Waals surface area contributed by atoms with E-state index in [1.54, 1.807) is 12.1 Å². The molecule has 1 aromatic rings. The SMILES string of the molecule is NCC1CCCCC1NC(=O)c1ccc(Br)cc1O. The fraction of sp³-hybridized carbons (Fsp3) is 0.500. The van der Waals surface area contributed by atoms with Gasteiger partial charge in [0.25, 0.3) is 5.91 Å². The molecule has 0 saturated heterocycles. The summed E-state index contributed by atoms with van der Waals surface area (Å²) in [6.45, 7) is 0.595. The Morgan fingerprint density at radius 2 is 2.16 bits per heavy atom. The van der Waals surface area contributed by atoms with E-state index < -0.39 is 0 Å². The Bertz CT molecular complexity index is 465. The van der Waals surface area contributed by atoms with E-state index in [4.69, 9.17) is 5.73 Å². The van der Waals surface area contributed by atoms with Crippen molar-refractivity contribution in [1.82, 2.24) is 5.32 Å². The molecule has 0 heterocycles. The summed E-state index contributed by atoms with van der Waals surface area (Å²) in [5.41, 5.74) is 6.06. The second kappa shape index (κ2) is 6.39. The predicted octanol–water partition coefficient (Wildman–Crippen LogP) is 2.40. The number of phenolic OH excluding ortho intramolecular Hbond substituents is 1. The second-order valence-corrected chi connectivity index (χ2v) is 5.94. The van der Waals surface area contributed by atoms with Gasteiger partial charge in [-0.2, -0.15) is 0 Å². The summed E-state index contributed by atoms with van der Waals surface area (Å²) in [5, 5.41) is 12.8. The highest BCUT2D eigenvalue weighted by Crippen LogP contribution is 2.26. The van der Waals surface area contributed by atoms with Crippen LogP contribution in [0.25, 0.3) is 0 Å². The van der Waals surface area contributed by atoms with Crippen LogP contribution in [-0.4, -0.2) is 23.6 Å². The van der Waals surface area contributed by atoms with Crippen LogP contribution < -0.4 is 11.1 Å². The minimum absolute atomic E-state index is 0.00742. The first-order valence-corrected chi connectivity index (χ1v) is 7.40. The van der Waals surface area contributed by atoms with Gasteiger partial charge in [-0.25, -0.2) is 0 Å². The van der Waals surface area contributed by atoms with Crippen molar-refractivity contribution in [1.29, 1.82) is 0 Å². The summed E-state index contributed by atoms with van der Waals surface area (Å²) in [6, 6.07) is 5.01. The molecule has 19 heavy (non-hydrogen) atoms. The topological polar surface area (TPSA) is 75.3 Å². The third-order valence-corrected chi connectivity index (χ3v) is 4.23. The quantitative estimate of drug-likeness (QED) is 0.798. The lowest BCUT2D eigenvalue weighted by atomic mass is 9.84. The van der Waals surface area contributed by atoms with Gasteiger partial charge in [-0.15, -0.1) is 0 Å². The number of benzene rings is 1. The van der Waals surface area contributed by atoms with Crippen LogP contribution in [0.2, 0.25) is 0 Å². The second-order valence-electron chi connectivity index (χ2n) is 5.02. The van der Waals surface area contributed by atoms with Crippen LogP contribution in [0.5, 0.6) is 5.75 Å². The van der Waals surface area contributed by atoms with E-state index in [0.717, 1.165) is 23.7 Å². The number of nitrogens with two attached hydrogens (primary N) is 1. The van der Waals surface area contributed by atoms with Gasteiger partial charge in [0.05, 0.1) is 5.56 Å². The number of phenols is 1. The largest absolute Gasteiger partial charge is 0.507 e. The maximum atomic E-state index is 12.2. The molecule has 104 valence electrons. The van der Waals surface area contributed by atoms with Crippen molar-refractivity contribution in [3.8, 4) is 5.75 Å². The van der Waals surface area contributed by atoms with Crippen molar-refractivity contribution in [3.63, 3.8) is 0 Å². The van der Waals surface area contributed by atoms with Crippen molar-refractivity contribution in [3.05, 3.63) is 28.2 Å². The van der Waals surface area contributed by atoms with Crippen LogP contribution in [0.15, 0.2) is 22.7 Å². The monoisotopic (exact) mass is 326 g/mol. The van der Waals surface area contributed by atoms with E-state index >= 15 is 0 Å². The number of nitrogens with one attached hydrogen (secondary N) is 1. The molecule has 0 aromatic heterocycles. The molecule has 1 aliphatic carbocycles. The van der Waals surface area contributed by atoms with Gasteiger partial charge in [-0.05, 0) is 43.5 Å². The van der Waals surface area contributed by atoms with E-state index in [-0.39, 0.29) is 17.7 Å². The maximum Gasteiger partial charge on any atom is 0.255 e. The first kappa shape index (κ1) is 14.3. The van der Waals surface area contributed by atoms with Crippen LogP contribution >= 0.6 is 15.9 Å². The van der Waals surface area contributed by atoms with Gasteiger partial charge in [0.15, 0.2) is 0 Å². The third-order valence-electron chi connectivity index (χ3n) is 3.73. The zero-order valence-electron chi connectivity index (χ0n) is 10.7. The Balaban J connectivity index is 2.07. The number of carbonyl (C=O) groups is 1. The normalized spacial score (nSPS) is 23.1. The van der Waals surface area contributed by atoms with Gasteiger partial charge < -0.3 is 16.2 Å². The van der Waals surface area contributed by atoms with E-state index in [1.807, 2.05) is 0 Å². The first-order valence-electron chi connectivity index (χ1n) is 6.61. The molecule has 1 saturated carbocycles. The lowest BCUT2D eigenvalue weighted by molar-refractivity contribution is 0.0905. The number of rotatable bonds is 3. The Hall–Kier alpha value is -1.07. The zero-order valence-corrected chi connectivity index (χ0v) is 12.3. The minimum atomic E-state index is -0.227. The van der Waals surface area contributed by atoms with Crippen LogP contribution in [0.4, 0.5) is 0 Å². The van der Waals surface area contributed by atoms with Gasteiger partial charge in [-0.3, -0.25) is 4.79 Å². The van der Waals surface area contributed by atoms with Gasteiger partial charge in [0, 0.05) is 10.5 Å². The van der Waals surface area contributed by atoms with Gasteiger partial charge in [0.2, 0.25) is 0 Å². The molecule has 4 nitrogen and oxygen atoms in total. The molecule has 1 amide bonds. The lowest BCUT2D eigenvalue weighted by Gasteiger charge is -2.31. The number of hydrogen-bond donors (Lipinski definition) is 3. The molecule has 0 radical (unpaired) electrons. The van der Waals surface area contributed by atoms with Crippen LogP contribution in [0.3, 0.4) is 0 Å². The van der Waals surface area contributed by atoms with E-state index in [0.29, 0.717) is 18.0 Å². The third kappa shape index (κ3) is 3.48. The molecule has 1 fully saturated rings. The van der Waals surface area contributed by atoms with E-state index in [1.165, 1.54) is 12.5 Å². The summed E-state index contributed by atoms with van der Waals surface area (Å²) >= 11 is 3.26. The molecular formula is C14H19BrN2O2. The van der Waals surface area contributed by atoms with Crippen LogP contribution in [0, 0.1) is 5.92 Å². The maximum absolute atomic E-state index is 12.2. The number of hydrogen-bond acceptors (Lipinski definition) is 3. The van der Waals surface area contributed by atoms with Gasteiger partial charge in [0.1, 0.15) is 5.75 Å². The Kier molecular flexibility index (Phi) is 4.82. The molecular weight excluding hydrogens is 308 g/mol. The lowest BCUT2D eigenvalue weighted by Crippen LogP contribution is -2.44. The van der Waals surface area contributed by atoms with Crippen molar-refractivity contribution in [2.75, 3.05) is 6.54 Å². The highest BCUT2D eigenvalue weighted by Gasteiger charge is 2.26. The summed E-state index contributed by atoms with van der Waals surface area (Å²) in [5.74, 6) is 0.109. The molecule has 1 aromatic carbocycles. The smallest absolute Gasteiger partial charge is 0.255 e. The Morgan fingerprint density at radius 1 is 1.42 bits per heavy atom. The minimum Gasteiger partial charge on any atom is -0.507 e. The highest BCUT2D eigenvalue weighted by molar-refractivity contribution is 9.10. The molecule has 2 rings (SSSR count). The molecule has 4 N–H and O–H groups in total. The summed E-state index contributed by atoms with van der Waals surface area (Å²) in [4.78, 5) is 12.2. The summed E-state index contributed by atoms with van der Waals surface area (Å²) in [6.07, 6.45) is 4.32. The molecule has 0 aliphatic heterocycles. The van der Waals surface area contributed by atoms with Crippen LogP contribution in [-0.2, 0) is 0 Å². The average Bonchev–Trinajstić information content (AvgIpc) is 2.39. The summed E-state index contributed by atoms with van der Waals surface area (Å²) < 4.78 is 0.749. The van der Waals surface area contributed by atoms with Crippen molar-refractivity contribution in [2.45, 2.75) is 31.7 Å².